The first-order valence-corrected chi connectivity index (χ1v) is 4.10. The van der Waals surface area contributed by atoms with E-state index in [4.69, 9.17) is 11.6 Å². The van der Waals surface area contributed by atoms with Crippen molar-refractivity contribution in [3.63, 3.8) is 0 Å². The van der Waals surface area contributed by atoms with E-state index in [2.05, 4.69) is 20.9 Å². The van der Waals surface area contributed by atoms with Crippen molar-refractivity contribution in [1.82, 2.24) is 4.98 Å². The smallest absolute Gasteiger partial charge is 0.153 e. The average molecular weight is 234 g/mol. The van der Waals surface area contributed by atoms with Gasteiger partial charge in [-0.05, 0) is 34.5 Å². The van der Waals surface area contributed by atoms with Gasteiger partial charge in [0.25, 0.3) is 0 Å². The van der Waals surface area contributed by atoms with Crippen molar-refractivity contribution in [2.45, 2.75) is 6.92 Å². The SMILES string of the molecule is Cc1cc(Br)nc(Cl)c1C=O. The van der Waals surface area contributed by atoms with E-state index in [0.29, 0.717) is 16.5 Å². The molecule has 1 rings (SSSR count). The number of carbonyl (C=O) groups excluding carboxylic acids is 1. The van der Waals surface area contributed by atoms with E-state index in [0.717, 1.165) is 5.56 Å². The van der Waals surface area contributed by atoms with Crippen LogP contribution in [-0.2, 0) is 0 Å². The van der Waals surface area contributed by atoms with Gasteiger partial charge in [0.2, 0.25) is 0 Å². The van der Waals surface area contributed by atoms with Gasteiger partial charge >= 0.3 is 0 Å². The summed E-state index contributed by atoms with van der Waals surface area (Å²) in [4.78, 5) is 14.3. The molecule has 0 amide bonds. The quantitative estimate of drug-likeness (QED) is 0.552. The number of pyridine rings is 1. The van der Waals surface area contributed by atoms with Gasteiger partial charge in [-0.25, -0.2) is 4.98 Å². The number of hydrogen-bond acceptors (Lipinski definition) is 2. The Morgan fingerprint density at radius 3 is 2.82 bits per heavy atom. The summed E-state index contributed by atoms with van der Waals surface area (Å²) in [6, 6.07) is 1.75. The van der Waals surface area contributed by atoms with Gasteiger partial charge in [-0.15, -0.1) is 0 Å². The first-order chi connectivity index (χ1) is 5.15. The fourth-order valence-electron chi connectivity index (χ4n) is 0.747. The lowest BCUT2D eigenvalue weighted by Crippen LogP contribution is -1.91. The molecule has 2 nitrogen and oxygen atoms in total. The van der Waals surface area contributed by atoms with E-state index in [1.165, 1.54) is 0 Å². The highest BCUT2D eigenvalue weighted by molar-refractivity contribution is 9.10. The highest BCUT2D eigenvalue weighted by Crippen LogP contribution is 2.19. The van der Waals surface area contributed by atoms with Crippen LogP contribution in [-0.4, -0.2) is 11.3 Å². The Hall–Kier alpha value is -0.410. The van der Waals surface area contributed by atoms with Crippen LogP contribution >= 0.6 is 27.5 Å². The van der Waals surface area contributed by atoms with E-state index in [1.54, 1.807) is 6.07 Å². The summed E-state index contributed by atoms with van der Waals surface area (Å²) >= 11 is 8.83. The monoisotopic (exact) mass is 233 g/mol. The molecular weight excluding hydrogens is 229 g/mol. The van der Waals surface area contributed by atoms with E-state index in [1.807, 2.05) is 6.92 Å². The van der Waals surface area contributed by atoms with Crippen molar-refractivity contribution in [2.75, 3.05) is 0 Å². The van der Waals surface area contributed by atoms with Crippen LogP contribution in [0.5, 0.6) is 0 Å². The summed E-state index contributed by atoms with van der Waals surface area (Å²) in [5.74, 6) is 0. The molecule has 0 aliphatic carbocycles. The zero-order chi connectivity index (χ0) is 8.43. The predicted octanol–water partition coefficient (Wildman–Crippen LogP) is 2.62. The van der Waals surface area contributed by atoms with Gasteiger partial charge in [0.1, 0.15) is 9.76 Å². The molecule has 11 heavy (non-hydrogen) atoms. The Kier molecular flexibility index (Phi) is 2.62. The lowest BCUT2D eigenvalue weighted by atomic mass is 10.2. The van der Waals surface area contributed by atoms with Crippen molar-refractivity contribution in [3.05, 3.63) is 26.9 Å². The van der Waals surface area contributed by atoms with E-state index in [-0.39, 0.29) is 5.15 Å². The number of aryl methyl sites for hydroxylation is 1. The summed E-state index contributed by atoms with van der Waals surface area (Å²) in [7, 11) is 0. The van der Waals surface area contributed by atoms with Gasteiger partial charge in [-0.1, -0.05) is 11.6 Å². The topological polar surface area (TPSA) is 30.0 Å². The van der Waals surface area contributed by atoms with Crippen molar-refractivity contribution in [1.29, 1.82) is 0 Å². The summed E-state index contributed by atoms with van der Waals surface area (Å²) in [5, 5.41) is 0.242. The molecule has 0 saturated carbocycles. The Bertz CT molecular complexity index is 277. The number of hydrogen-bond donors (Lipinski definition) is 0. The molecule has 0 N–H and O–H groups in total. The Balaban J connectivity index is 3.36. The molecule has 0 unspecified atom stereocenters. The second-order valence-corrected chi connectivity index (χ2v) is 3.25. The zero-order valence-electron chi connectivity index (χ0n) is 5.77. The number of nitrogens with zero attached hydrogens (tertiary/aromatic N) is 1. The van der Waals surface area contributed by atoms with Gasteiger partial charge in [0.05, 0.1) is 5.56 Å². The van der Waals surface area contributed by atoms with Gasteiger partial charge in [-0.2, -0.15) is 0 Å². The molecular formula is C7H5BrClNO. The Morgan fingerprint density at radius 1 is 1.73 bits per heavy atom. The highest BCUT2D eigenvalue weighted by atomic mass is 79.9. The summed E-state index contributed by atoms with van der Waals surface area (Å²) in [6.45, 7) is 1.81. The molecule has 0 bridgehead atoms. The second kappa shape index (κ2) is 3.32. The van der Waals surface area contributed by atoms with Crippen LogP contribution in [0.1, 0.15) is 15.9 Å². The zero-order valence-corrected chi connectivity index (χ0v) is 8.11. The lowest BCUT2D eigenvalue weighted by molar-refractivity contribution is 0.112. The van der Waals surface area contributed by atoms with Crippen LogP contribution in [0, 0.1) is 6.92 Å². The van der Waals surface area contributed by atoms with Crippen molar-refractivity contribution in [2.24, 2.45) is 0 Å². The molecule has 4 heteroatoms. The van der Waals surface area contributed by atoms with Crippen LogP contribution in [0.4, 0.5) is 0 Å². The van der Waals surface area contributed by atoms with E-state index in [9.17, 15) is 4.79 Å². The van der Waals surface area contributed by atoms with Gasteiger partial charge in [0, 0.05) is 0 Å². The molecule has 0 fully saturated rings. The number of aromatic nitrogens is 1. The highest BCUT2D eigenvalue weighted by Gasteiger charge is 2.04. The minimum atomic E-state index is 0.242. The minimum Gasteiger partial charge on any atom is -0.298 e. The van der Waals surface area contributed by atoms with E-state index >= 15 is 0 Å². The fourth-order valence-corrected chi connectivity index (χ4v) is 1.65. The predicted molar refractivity (Wildman–Crippen MR) is 47.1 cm³/mol. The summed E-state index contributed by atoms with van der Waals surface area (Å²) in [5.41, 5.74) is 1.28. The lowest BCUT2D eigenvalue weighted by Gasteiger charge is -1.99. The second-order valence-electron chi connectivity index (χ2n) is 2.08. The third kappa shape index (κ3) is 1.79. The van der Waals surface area contributed by atoms with Gasteiger partial charge in [-0.3, -0.25) is 4.79 Å². The molecule has 0 radical (unpaired) electrons. The van der Waals surface area contributed by atoms with Crippen LogP contribution in [0.25, 0.3) is 0 Å². The van der Waals surface area contributed by atoms with Gasteiger partial charge < -0.3 is 0 Å². The molecule has 0 saturated heterocycles. The van der Waals surface area contributed by atoms with E-state index < -0.39 is 0 Å². The molecule has 1 aromatic rings. The molecule has 1 heterocycles. The third-order valence-electron chi connectivity index (χ3n) is 1.31. The number of rotatable bonds is 1. The van der Waals surface area contributed by atoms with Crippen molar-refractivity contribution in [3.8, 4) is 0 Å². The normalized spacial score (nSPS) is 9.73. The number of aldehydes is 1. The van der Waals surface area contributed by atoms with Crippen LogP contribution in [0.3, 0.4) is 0 Å². The maximum Gasteiger partial charge on any atom is 0.153 e. The first kappa shape index (κ1) is 8.68. The fraction of sp³-hybridized carbons (Fsp3) is 0.143. The van der Waals surface area contributed by atoms with Crippen LogP contribution in [0.2, 0.25) is 5.15 Å². The van der Waals surface area contributed by atoms with Crippen molar-refractivity contribution >= 4 is 33.8 Å². The maximum absolute atomic E-state index is 10.4. The van der Waals surface area contributed by atoms with Crippen LogP contribution in [0.15, 0.2) is 10.7 Å². The molecule has 0 aliphatic heterocycles. The third-order valence-corrected chi connectivity index (χ3v) is 2.00. The van der Waals surface area contributed by atoms with Crippen LogP contribution < -0.4 is 0 Å². The Labute approximate surface area is 77.7 Å². The average Bonchev–Trinajstić information content (AvgIpc) is 1.85. The summed E-state index contributed by atoms with van der Waals surface area (Å²) in [6.07, 6.45) is 0.705. The number of halogens is 2. The molecule has 0 aliphatic rings. The summed E-state index contributed by atoms with van der Waals surface area (Å²) < 4.78 is 0.644. The maximum atomic E-state index is 10.4. The molecule has 0 spiro atoms. The van der Waals surface area contributed by atoms with Crippen molar-refractivity contribution < 1.29 is 4.79 Å². The number of carbonyl (C=O) groups is 1. The standard InChI is InChI=1S/C7H5BrClNO/c1-4-2-6(8)10-7(9)5(4)3-11/h2-3H,1H3. The molecule has 1 aromatic heterocycles. The first-order valence-electron chi connectivity index (χ1n) is 2.93. The largest absolute Gasteiger partial charge is 0.298 e. The molecule has 58 valence electrons. The van der Waals surface area contributed by atoms with Gasteiger partial charge in [0.15, 0.2) is 6.29 Å². The molecule has 0 aromatic carbocycles. The Morgan fingerprint density at radius 2 is 2.36 bits per heavy atom. The minimum absolute atomic E-state index is 0.242. The molecule has 0 atom stereocenters.